The first kappa shape index (κ1) is 10.5. The van der Waals surface area contributed by atoms with Gasteiger partial charge in [-0.15, -0.1) is 16.7 Å². The SMILES string of the molecule is CCCC(C)n1cc(CCCl)nn1. The van der Waals surface area contributed by atoms with Crippen molar-refractivity contribution in [1.82, 2.24) is 15.0 Å². The number of alkyl halides is 1. The molecule has 4 heteroatoms. The lowest BCUT2D eigenvalue weighted by molar-refractivity contribution is 0.443. The number of aromatic nitrogens is 3. The molecule has 0 saturated heterocycles. The average Bonchev–Trinajstić information content (AvgIpc) is 2.54. The van der Waals surface area contributed by atoms with Gasteiger partial charge >= 0.3 is 0 Å². The molecule has 1 heterocycles. The molecule has 3 nitrogen and oxygen atoms in total. The second-order valence-electron chi connectivity index (χ2n) is 3.27. The predicted molar refractivity (Wildman–Crippen MR) is 54.1 cm³/mol. The van der Waals surface area contributed by atoms with Crippen LogP contribution in [0.1, 0.15) is 38.4 Å². The van der Waals surface area contributed by atoms with E-state index in [1.54, 1.807) is 0 Å². The summed E-state index contributed by atoms with van der Waals surface area (Å²) >= 11 is 5.61. The monoisotopic (exact) mass is 201 g/mol. The zero-order chi connectivity index (χ0) is 9.68. The molecular formula is C9H16ClN3. The highest BCUT2D eigenvalue weighted by atomic mass is 35.5. The molecule has 1 unspecified atom stereocenters. The highest BCUT2D eigenvalue weighted by Gasteiger charge is 2.06. The number of hydrogen-bond donors (Lipinski definition) is 0. The van der Waals surface area contributed by atoms with Crippen molar-refractivity contribution in [2.45, 2.75) is 39.2 Å². The zero-order valence-electron chi connectivity index (χ0n) is 8.20. The molecule has 0 radical (unpaired) electrons. The van der Waals surface area contributed by atoms with E-state index in [-0.39, 0.29) is 0 Å². The fourth-order valence-electron chi connectivity index (χ4n) is 1.29. The number of halogens is 1. The highest BCUT2D eigenvalue weighted by molar-refractivity contribution is 6.17. The van der Waals surface area contributed by atoms with Gasteiger partial charge in [-0.25, -0.2) is 4.68 Å². The van der Waals surface area contributed by atoms with Crippen molar-refractivity contribution in [2.24, 2.45) is 0 Å². The summed E-state index contributed by atoms with van der Waals surface area (Å²) in [6, 6.07) is 0.446. The van der Waals surface area contributed by atoms with Crippen LogP contribution in [0.15, 0.2) is 6.20 Å². The van der Waals surface area contributed by atoms with Crippen LogP contribution >= 0.6 is 11.6 Å². The second-order valence-corrected chi connectivity index (χ2v) is 3.64. The molecular weight excluding hydrogens is 186 g/mol. The van der Waals surface area contributed by atoms with Crippen molar-refractivity contribution < 1.29 is 0 Å². The maximum Gasteiger partial charge on any atom is 0.0839 e. The number of rotatable bonds is 5. The third-order valence-corrected chi connectivity index (χ3v) is 2.26. The van der Waals surface area contributed by atoms with E-state index in [0.29, 0.717) is 11.9 Å². The Hall–Kier alpha value is -0.570. The van der Waals surface area contributed by atoms with Crippen molar-refractivity contribution in [3.8, 4) is 0 Å². The first-order valence-electron chi connectivity index (χ1n) is 4.74. The lowest BCUT2D eigenvalue weighted by Crippen LogP contribution is -2.05. The van der Waals surface area contributed by atoms with Gasteiger partial charge < -0.3 is 0 Å². The molecule has 0 bridgehead atoms. The Labute approximate surface area is 84.1 Å². The molecule has 0 amide bonds. The van der Waals surface area contributed by atoms with E-state index in [4.69, 9.17) is 11.6 Å². The van der Waals surface area contributed by atoms with Gasteiger partial charge in [-0.2, -0.15) is 0 Å². The van der Waals surface area contributed by atoms with Gasteiger partial charge in [0.15, 0.2) is 0 Å². The Morgan fingerprint density at radius 1 is 1.62 bits per heavy atom. The predicted octanol–water partition coefficient (Wildman–Crippen LogP) is 2.42. The minimum Gasteiger partial charge on any atom is -0.250 e. The molecule has 0 saturated carbocycles. The number of hydrogen-bond acceptors (Lipinski definition) is 2. The van der Waals surface area contributed by atoms with Crippen LogP contribution in [0.5, 0.6) is 0 Å². The van der Waals surface area contributed by atoms with Crippen molar-refractivity contribution >= 4 is 11.6 Å². The molecule has 1 aromatic rings. The van der Waals surface area contributed by atoms with Crippen LogP contribution in [0.25, 0.3) is 0 Å². The summed E-state index contributed by atoms with van der Waals surface area (Å²) in [6.45, 7) is 4.33. The van der Waals surface area contributed by atoms with Gasteiger partial charge in [-0.3, -0.25) is 0 Å². The summed E-state index contributed by atoms with van der Waals surface area (Å²) in [4.78, 5) is 0. The molecule has 0 N–H and O–H groups in total. The Kier molecular flexibility index (Phi) is 4.22. The Bertz CT molecular complexity index is 247. The summed E-state index contributed by atoms with van der Waals surface area (Å²) in [5.41, 5.74) is 0.984. The molecule has 0 spiro atoms. The molecule has 13 heavy (non-hydrogen) atoms. The van der Waals surface area contributed by atoms with E-state index < -0.39 is 0 Å². The van der Waals surface area contributed by atoms with E-state index in [1.165, 1.54) is 6.42 Å². The maximum atomic E-state index is 5.61. The van der Waals surface area contributed by atoms with Gasteiger partial charge in [0.05, 0.1) is 11.7 Å². The molecule has 0 aliphatic heterocycles. The van der Waals surface area contributed by atoms with Gasteiger partial charge in [-0.1, -0.05) is 18.6 Å². The van der Waals surface area contributed by atoms with Gasteiger partial charge in [-0.05, 0) is 13.3 Å². The lowest BCUT2D eigenvalue weighted by Gasteiger charge is -2.08. The summed E-state index contributed by atoms with van der Waals surface area (Å²) in [7, 11) is 0. The Morgan fingerprint density at radius 2 is 2.38 bits per heavy atom. The van der Waals surface area contributed by atoms with Crippen LogP contribution in [-0.2, 0) is 6.42 Å². The van der Waals surface area contributed by atoms with Crippen LogP contribution in [-0.4, -0.2) is 20.9 Å². The second kappa shape index (κ2) is 5.22. The molecule has 74 valence electrons. The molecule has 1 aromatic heterocycles. The van der Waals surface area contributed by atoms with Crippen LogP contribution in [0, 0.1) is 0 Å². The first-order valence-corrected chi connectivity index (χ1v) is 5.28. The third kappa shape index (κ3) is 2.99. The number of nitrogens with zero attached hydrogens (tertiary/aromatic N) is 3. The molecule has 1 atom stereocenters. The smallest absolute Gasteiger partial charge is 0.0839 e. The van der Waals surface area contributed by atoms with Crippen molar-refractivity contribution in [3.63, 3.8) is 0 Å². The van der Waals surface area contributed by atoms with Crippen molar-refractivity contribution in [1.29, 1.82) is 0 Å². The first-order chi connectivity index (χ1) is 6.27. The Balaban J connectivity index is 2.56. The van der Waals surface area contributed by atoms with Crippen LogP contribution in [0.2, 0.25) is 0 Å². The topological polar surface area (TPSA) is 30.7 Å². The van der Waals surface area contributed by atoms with Crippen LogP contribution in [0.3, 0.4) is 0 Å². The van der Waals surface area contributed by atoms with Crippen LogP contribution < -0.4 is 0 Å². The molecule has 0 aromatic carbocycles. The van der Waals surface area contributed by atoms with Gasteiger partial charge in [0.2, 0.25) is 0 Å². The zero-order valence-corrected chi connectivity index (χ0v) is 8.96. The van der Waals surface area contributed by atoms with Crippen molar-refractivity contribution in [3.05, 3.63) is 11.9 Å². The maximum absolute atomic E-state index is 5.61. The Morgan fingerprint density at radius 3 is 3.00 bits per heavy atom. The quantitative estimate of drug-likeness (QED) is 0.686. The molecule has 0 aliphatic carbocycles. The molecule has 0 aliphatic rings. The normalized spacial score (nSPS) is 13.2. The van der Waals surface area contributed by atoms with E-state index in [9.17, 15) is 0 Å². The van der Waals surface area contributed by atoms with E-state index in [1.807, 2.05) is 10.9 Å². The fourth-order valence-corrected chi connectivity index (χ4v) is 1.48. The third-order valence-electron chi connectivity index (χ3n) is 2.07. The fraction of sp³-hybridized carbons (Fsp3) is 0.778. The minimum absolute atomic E-state index is 0.446. The van der Waals surface area contributed by atoms with Gasteiger partial charge in [0.1, 0.15) is 0 Å². The largest absolute Gasteiger partial charge is 0.250 e. The highest BCUT2D eigenvalue weighted by Crippen LogP contribution is 2.11. The van der Waals surface area contributed by atoms with E-state index in [0.717, 1.165) is 18.5 Å². The van der Waals surface area contributed by atoms with E-state index >= 15 is 0 Å². The van der Waals surface area contributed by atoms with Gasteiger partial charge in [0.25, 0.3) is 0 Å². The minimum atomic E-state index is 0.446. The summed E-state index contributed by atoms with van der Waals surface area (Å²) in [5.74, 6) is 0.612. The lowest BCUT2D eigenvalue weighted by atomic mass is 10.2. The average molecular weight is 202 g/mol. The summed E-state index contributed by atoms with van der Waals surface area (Å²) < 4.78 is 1.92. The summed E-state index contributed by atoms with van der Waals surface area (Å²) in [6.07, 6.45) is 5.11. The van der Waals surface area contributed by atoms with E-state index in [2.05, 4.69) is 24.2 Å². The number of aryl methyl sites for hydroxylation is 1. The molecule has 0 fully saturated rings. The van der Waals surface area contributed by atoms with Crippen LogP contribution in [0.4, 0.5) is 0 Å². The molecule has 1 rings (SSSR count). The summed E-state index contributed by atoms with van der Waals surface area (Å²) in [5, 5.41) is 8.10. The standard InChI is InChI=1S/C9H16ClN3/c1-3-4-8(2)13-7-9(5-6-10)11-12-13/h7-8H,3-6H2,1-2H3. The van der Waals surface area contributed by atoms with Crippen molar-refractivity contribution in [2.75, 3.05) is 5.88 Å². The van der Waals surface area contributed by atoms with Gasteiger partial charge in [0, 0.05) is 18.5 Å².